The van der Waals surface area contributed by atoms with Crippen LogP contribution in [0.4, 0.5) is 0 Å². The van der Waals surface area contributed by atoms with Gasteiger partial charge in [0.15, 0.2) is 0 Å². The molecular formula is C9H14N2O2. The first-order valence-corrected chi connectivity index (χ1v) is 4.15. The lowest BCUT2D eigenvalue weighted by Crippen LogP contribution is -2.14. The Morgan fingerprint density at radius 1 is 1.62 bits per heavy atom. The molecule has 0 saturated heterocycles. The Morgan fingerprint density at radius 3 is 2.62 bits per heavy atom. The molecule has 1 rings (SSSR count). The van der Waals surface area contributed by atoms with Gasteiger partial charge in [-0.1, -0.05) is 20.8 Å². The van der Waals surface area contributed by atoms with Gasteiger partial charge in [0.25, 0.3) is 0 Å². The fraction of sp³-hybridized carbons (Fsp3) is 0.556. The molecule has 4 heteroatoms. The summed E-state index contributed by atoms with van der Waals surface area (Å²) >= 11 is 0. The van der Waals surface area contributed by atoms with Crippen molar-refractivity contribution in [2.45, 2.75) is 32.7 Å². The third-order valence-corrected chi connectivity index (χ3v) is 1.71. The molecular weight excluding hydrogens is 168 g/mol. The van der Waals surface area contributed by atoms with Gasteiger partial charge in [-0.3, -0.25) is 9.48 Å². The van der Waals surface area contributed by atoms with E-state index in [1.807, 2.05) is 26.8 Å². The molecule has 1 N–H and O–H groups in total. The Labute approximate surface area is 77.2 Å². The molecule has 0 aliphatic rings. The number of aliphatic carboxylic acids is 1. The van der Waals surface area contributed by atoms with Crippen molar-refractivity contribution in [1.29, 1.82) is 0 Å². The molecule has 1 heterocycles. The maximum Gasteiger partial charge on any atom is 0.325 e. The molecule has 0 aliphatic carbocycles. The molecule has 0 spiro atoms. The normalized spacial score (nSPS) is 11.6. The molecule has 0 fully saturated rings. The van der Waals surface area contributed by atoms with E-state index in [1.165, 1.54) is 4.68 Å². The fourth-order valence-electron chi connectivity index (χ4n) is 0.988. The van der Waals surface area contributed by atoms with Crippen LogP contribution in [-0.2, 0) is 16.8 Å². The predicted octanol–water partition coefficient (Wildman–Crippen LogP) is 1.27. The van der Waals surface area contributed by atoms with E-state index in [2.05, 4.69) is 5.10 Å². The van der Waals surface area contributed by atoms with Gasteiger partial charge < -0.3 is 5.11 Å². The molecule has 1 aromatic rings. The number of hydrogen-bond donors (Lipinski definition) is 1. The number of hydrogen-bond acceptors (Lipinski definition) is 2. The van der Waals surface area contributed by atoms with Crippen molar-refractivity contribution in [2.24, 2.45) is 0 Å². The largest absolute Gasteiger partial charge is 0.480 e. The summed E-state index contributed by atoms with van der Waals surface area (Å²) in [6.07, 6.45) is 1.69. The molecule has 0 aliphatic heterocycles. The Bertz CT molecular complexity index is 310. The molecule has 0 amide bonds. The summed E-state index contributed by atoms with van der Waals surface area (Å²) < 4.78 is 1.43. The number of carboxylic acids is 1. The van der Waals surface area contributed by atoms with Gasteiger partial charge in [0, 0.05) is 11.6 Å². The van der Waals surface area contributed by atoms with E-state index in [-0.39, 0.29) is 12.0 Å². The molecule has 0 aromatic carbocycles. The predicted molar refractivity (Wildman–Crippen MR) is 48.6 cm³/mol. The van der Waals surface area contributed by atoms with Gasteiger partial charge in [-0.2, -0.15) is 5.10 Å². The average molecular weight is 182 g/mol. The van der Waals surface area contributed by atoms with Crippen LogP contribution in [0.3, 0.4) is 0 Å². The van der Waals surface area contributed by atoms with Crippen molar-refractivity contribution in [3.05, 3.63) is 18.0 Å². The lowest BCUT2D eigenvalue weighted by Gasteiger charge is -2.14. The summed E-state index contributed by atoms with van der Waals surface area (Å²) in [6.45, 7) is 6.05. The highest BCUT2D eigenvalue weighted by molar-refractivity contribution is 5.66. The summed E-state index contributed by atoms with van der Waals surface area (Å²) in [5.41, 5.74) is 0.887. The fourth-order valence-corrected chi connectivity index (χ4v) is 0.988. The second-order valence-electron chi connectivity index (χ2n) is 4.04. The molecule has 0 unspecified atom stereocenters. The van der Waals surface area contributed by atoms with Crippen LogP contribution in [0.1, 0.15) is 26.5 Å². The van der Waals surface area contributed by atoms with Crippen LogP contribution in [0.15, 0.2) is 12.3 Å². The Balaban J connectivity index is 2.81. The van der Waals surface area contributed by atoms with Crippen molar-refractivity contribution in [2.75, 3.05) is 0 Å². The zero-order chi connectivity index (χ0) is 10.1. The SMILES string of the molecule is CC(C)(C)c1ccn(CC(=O)O)n1. The number of carbonyl (C=O) groups is 1. The van der Waals surface area contributed by atoms with Crippen LogP contribution in [0.5, 0.6) is 0 Å². The quantitative estimate of drug-likeness (QED) is 0.749. The number of rotatable bonds is 2. The first kappa shape index (κ1) is 9.77. The molecule has 0 saturated carbocycles. The lowest BCUT2D eigenvalue weighted by molar-refractivity contribution is -0.137. The van der Waals surface area contributed by atoms with Crippen molar-refractivity contribution in [1.82, 2.24) is 9.78 Å². The zero-order valence-electron chi connectivity index (χ0n) is 8.11. The van der Waals surface area contributed by atoms with Crippen LogP contribution < -0.4 is 0 Å². The maximum absolute atomic E-state index is 10.4. The van der Waals surface area contributed by atoms with Gasteiger partial charge in [-0.25, -0.2) is 0 Å². The average Bonchev–Trinajstić information content (AvgIpc) is 2.32. The summed E-state index contributed by atoms with van der Waals surface area (Å²) in [7, 11) is 0. The molecule has 72 valence electrons. The van der Waals surface area contributed by atoms with Crippen LogP contribution in [0, 0.1) is 0 Å². The van der Waals surface area contributed by atoms with Gasteiger partial charge in [-0.05, 0) is 6.07 Å². The minimum absolute atomic E-state index is 0.0241. The first-order valence-electron chi connectivity index (χ1n) is 4.15. The summed E-state index contributed by atoms with van der Waals surface area (Å²) in [5.74, 6) is -0.872. The number of aromatic nitrogens is 2. The van der Waals surface area contributed by atoms with E-state index in [9.17, 15) is 4.79 Å². The summed E-state index contributed by atoms with van der Waals surface area (Å²) in [6, 6.07) is 1.85. The van der Waals surface area contributed by atoms with Gasteiger partial charge in [-0.15, -0.1) is 0 Å². The number of nitrogens with zero attached hydrogens (tertiary/aromatic N) is 2. The molecule has 0 bridgehead atoms. The van der Waals surface area contributed by atoms with Crippen LogP contribution >= 0.6 is 0 Å². The third kappa shape index (κ3) is 2.57. The van der Waals surface area contributed by atoms with Gasteiger partial charge >= 0.3 is 5.97 Å². The Kier molecular flexibility index (Phi) is 2.40. The van der Waals surface area contributed by atoms with E-state index in [0.717, 1.165) is 5.69 Å². The van der Waals surface area contributed by atoms with Crippen molar-refractivity contribution >= 4 is 5.97 Å². The van der Waals surface area contributed by atoms with Gasteiger partial charge in [0.05, 0.1) is 5.69 Å². The monoisotopic (exact) mass is 182 g/mol. The Morgan fingerprint density at radius 2 is 2.23 bits per heavy atom. The Hall–Kier alpha value is -1.32. The van der Waals surface area contributed by atoms with E-state index in [4.69, 9.17) is 5.11 Å². The minimum atomic E-state index is -0.872. The van der Waals surface area contributed by atoms with Crippen molar-refractivity contribution in [3.63, 3.8) is 0 Å². The minimum Gasteiger partial charge on any atom is -0.480 e. The van der Waals surface area contributed by atoms with E-state index in [0.29, 0.717) is 0 Å². The number of carboxylic acid groups (broad SMARTS) is 1. The maximum atomic E-state index is 10.4. The summed E-state index contributed by atoms with van der Waals surface area (Å²) in [5, 5.41) is 12.7. The summed E-state index contributed by atoms with van der Waals surface area (Å²) in [4.78, 5) is 10.4. The second-order valence-corrected chi connectivity index (χ2v) is 4.04. The van der Waals surface area contributed by atoms with Gasteiger partial charge in [0.1, 0.15) is 6.54 Å². The highest BCUT2D eigenvalue weighted by Crippen LogP contribution is 2.19. The molecule has 1 aromatic heterocycles. The van der Waals surface area contributed by atoms with Crippen molar-refractivity contribution < 1.29 is 9.90 Å². The van der Waals surface area contributed by atoms with Crippen LogP contribution in [0.25, 0.3) is 0 Å². The van der Waals surface area contributed by atoms with Crippen molar-refractivity contribution in [3.8, 4) is 0 Å². The van der Waals surface area contributed by atoms with Crippen LogP contribution in [-0.4, -0.2) is 20.9 Å². The van der Waals surface area contributed by atoms with E-state index in [1.54, 1.807) is 6.20 Å². The highest BCUT2D eigenvalue weighted by Gasteiger charge is 2.16. The first-order chi connectivity index (χ1) is 5.89. The molecule has 4 nitrogen and oxygen atoms in total. The second kappa shape index (κ2) is 3.20. The van der Waals surface area contributed by atoms with Gasteiger partial charge in [0.2, 0.25) is 0 Å². The highest BCUT2D eigenvalue weighted by atomic mass is 16.4. The molecule has 13 heavy (non-hydrogen) atoms. The zero-order valence-corrected chi connectivity index (χ0v) is 8.11. The third-order valence-electron chi connectivity index (χ3n) is 1.71. The standard InChI is InChI=1S/C9H14N2O2/c1-9(2,3)7-4-5-11(10-7)6-8(12)13/h4-5H,6H2,1-3H3,(H,12,13). The smallest absolute Gasteiger partial charge is 0.325 e. The van der Waals surface area contributed by atoms with E-state index < -0.39 is 5.97 Å². The molecule has 0 radical (unpaired) electrons. The van der Waals surface area contributed by atoms with Crippen LogP contribution in [0.2, 0.25) is 0 Å². The lowest BCUT2D eigenvalue weighted by atomic mass is 9.93. The van der Waals surface area contributed by atoms with E-state index >= 15 is 0 Å². The molecule has 0 atom stereocenters. The topological polar surface area (TPSA) is 55.1 Å².